The lowest BCUT2D eigenvalue weighted by Crippen LogP contribution is -2.48. The molecule has 2 saturated heterocycles. The van der Waals surface area contributed by atoms with Crippen molar-refractivity contribution < 1.29 is 0 Å². The quantitative estimate of drug-likeness (QED) is 0.728. The Morgan fingerprint density at radius 1 is 1.12 bits per heavy atom. The second-order valence-corrected chi connectivity index (χ2v) is 8.27. The van der Waals surface area contributed by atoms with Gasteiger partial charge in [-0.25, -0.2) is 0 Å². The lowest BCUT2D eigenvalue weighted by Gasteiger charge is -2.40. The first-order chi connectivity index (χ1) is 12.1. The number of rotatable bonds is 4. The predicted molar refractivity (Wildman–Crippen MR) is 112 cm³/mol. The maximum Gasteiger partial charge on any atom is 0.173 e. The van der Waals surface area contributed by atoms with Crippen LogP contribution in [-0.2, 0) is 0 Å². The van der Waals surface area contributed by atoms with E-state index < -0.39 is 0 Å². The molecule has 0 radical (unpaired) electrons. The number of hydrogen-bond donors (Lipinski definition) is 1. The van der Waals surface area contributed by atoms with Crippen molar-refractivity contribution in [1.29, 1.82) is 0 Å². The fraction of sp³-hybridized carbons (Fsp3) is 0.650. The van der Waals surface area contributed by atoms with Gasteiger partial charge in [-0.3, -0.25) is 0 Å². The van der Waals surface area contributed by atoms with Gasteiger partial charge in [0.25, 0.3) is 0 Å². The van der Waals surface area contributed by atoms with E-state index in [0.29, 0.717) is 6.04 Å². The summed E-state index contributed by atoms with van der Waals surface area (Å²) in [6, 6.07) is 9.09. The van der Waals surface area contributed by atoms with Gasteiger partial charge in [0.2, 0.25) is 0 Å². The third-order valence-electron chi connectivity index (χ3n) is 5.67. The minimum absolute atomic E-state index is 0.565. The Balaban J connectivity index is 1.56. The highest BCUT2D eigenvalue weighted by Gasteiger charge is 2.26. The molecule has 0 amide bonds. The van der Waals surface area contributed by atoms with Crippen LogP contribution in [0.1, 0.15) is 51.9 Å². The maximum absolute atomic E-state index is 5.97. The molecule has 0 aromatic heterocycles. The van der Waals surface area contributed by atoms with E-state index in [1.165, 1.54) is 58.0 Å². The Bertz CT molecular complexity index is 563. The smallest absolute Gasteiger partial charge is 0.173 e. The van der Waals surface area contributed by atoms with Crippen molar-refractivity contribution in [2.75, 3.05) is 25.0 Å². The topological polar surface area (TPSA) is 18.5 Å². The largest absolute Gasteiger partial charge is 0.346 e. The first kappa shape index (κ1) is 18.9. The number of hydrogen-bond acceptors (Lipinski definition) is 2. The summed E-state index contributed by atoms with van der Waals surface area (Å²) in [5.41, 5.74) is 1.02. The summed E-state index contributed by atoms with van der Waals surface area (Å²) >= 11 is 11.7. The van der Waals surface area contributed by atoms with E-state index in [0.717, 1.165) is 28.4 Å². The van der Waals surface area contributed by atoms with Gasteiger partial charge in [-0.05, 0) is 88.5 Å². The SMILES string of the molecule is CC1CCCCN1CCC1CCCCN1C(=S)Nc1ccc(Cl)cc1. The highest BCUT2D eigenvalue weighted by molar-refractivity contribution is 7.80. The first-order valence-corrected chi connectivity index (χ1v) is 10.5. The van der Waals surface area contributed by atoms with Gasteiger partial charge in [0.1, 0.15) is 0 Å². The molecule has 25 heavy (non-hydrogen) atoms. The van der Waals surface area contributed by atoms with E-state index >= 15 is 0 Å². The Hall–Kier alpha value is -0.840. The predicted octanol–water partition coefficient (Wildman–Crippen LogP) is 5.16. The molecule has 138 valence electrons. The molecule has 2 heterocycles. The molecule has 2 fully saturated rings. The molecule has 0 aliphatic carbocycles. The van der Waals surface area contributed by atoms with Crippen LogP contribution in [0.25, 0.3) is 0 Å². The highest BCUT2D eigenvalue weighted by atomic mass is 35.5. The normalized spacial score (nSPS) is 25.0. The zero-order valence-electron chi connectivity index (χ0n) is 15.2. The minimum atomic E-state index is 0.565. The number of likely N-dealkylation sites (tertiary alicyclic amines) is 2. The van der Waals surface area contributed by atoms with Crippen molar-refractivity contribution in [1.82, 2.24) is 9.80 Å². The minimum Gasteiger partial charge on any atom is -0.346 e. The van der Waals surface area contributed by atoms with Gasteiger partial charge in [0.05, 0.1) is 0 Å². The summed E-state index contributed by atoms with van der Waals surface area (Å²) < 4.78 is 0. The van der Waals surface area contributed by atoms with Crippen molar-refractivity contribution >= 4 is 34.6 Å². The average Bonchev–Trinajstić information content (AvgIpc) is 2.63. The van der Waals surface area contributed by atoms with Crippen LogP contribution < -0.4 is 5.32 Å². The lowest BCUT2D eigenvalue weighted by atomic mass is 9.98. The zero-order valence-corrected chi connectivity index (χ0v) is 16.8. The molecular formula is C20H30ClN3S. The lowest BCUT2D eigenvalue weighted by molar-refractivity contribution is 0.135. The average molecular weight is 380 g/mol. The van der Waals surface area contributed by atoms with Gasteiger partial charge in [0.15, 0.2) is 5.11 Å². The van der Waals surface area contributed by atoms with E-state index in [1.807, 2.05) is 24.3 Å². The van der Waals surface area contributed by atoms with E-state index in [9.17, 15) is 0 Å². The Labute approximate surface area is 162 Å². The Morgan fingerprint density at radius 2 is 1.84 bits per heavy atom. The van der Waals surface area contributed by atoms with Gasteiger partial charge in [-0.1, -0.05) is 18.0 Å². The number of thiocarbonyl (C=S) groups is 1. The fourth-order valence-electron chi connectivity index (χ4n) is 4.10. The molecule has 5 heteroatoms. The summed E-state index contributed by atoms with van der Waals surface area (Å²) in [6.45, 7) is 5.91. The second-order valence-electron chi connectivity index (χ2n) is 7.45. The second kappa shape index (κ2) is 9.20. The van der Waals surface area contributed by atoms with E-state index in [4.69, 9.17) is 23.8 Å². The Kier molecular flexibility index (Phi) is 6.97. The molecule has 0 bridgehead atoms. The maximum atomic E-state index is 5.97. The molecule has 0 spiro atoms. The van der Waals surface area contributed by atoms with Crippen molar-refractivity contribution in [3.05, 3.63) is 29.3 Å². The zero-order chi connectivity index (χ0) is 17.6. The van der Waals surface area contributed by atoms with Crippen LogP contribution >= 0.6 is 23.8 Å². The van der Waals surface area contributed by atoms with Crippen molar-refractivity contribution in [3.8, 4) is 0 Å². The van der Waals surface area contributed by atoms with Gasteiger partial charge < -0.3 is 15.1 Å². The van der Waals surface area contributed by atoms with Crippen LogP contribution in [0.2, 0.25) is 5.02 Å². The van der Waals surface area contributed by atoms with Crippen LogP contribution in [-0.4, -0.2) is 46.6 Å². The molecule has 2 aliphatic heterocycles. The number of nitrogens with zero attached hydrogens (tertiary/aromatic N) is 2. The molecule has 1 aromatic carbocycles. The molecule has 0 saturated carbocycles. The van der Waals surface area contributed by atoms with Gasteiger partial charge in [-0.15, -0.1) is 0 Å². The fourth-order valence-corrected chi connectivity index (χ4v) is 4.59. The molecule has 2 aliphatic rings. The molecule has 3 rings (SSSR count). The first-order valence-electron chi connectivity index (χ1n) is 9.71. The summed E-state index contributed by atoms with van der Waals surface area (Å²) in [7, 11) is 0. The van der Waals surface area contributed by atoms with Gasteiger partial charge in [-0.2, -0.15) is 0 Å². The molecule has 1 aromatic rings. The van der Waals surface area contributed by atoms with Gasteiger partial charge in [0, 0.05) is 35.9 Å². The Morgan fingerprint density at radius 3 is 2.60 bits per heavy atom. The van der Waals surface area contributed by atoms with Crippen LogP contribution in [0, 0.1) is 0 Å². The van der Waals surface area contributed by atoms with Gasteiger partial charge >= 0.3 is 0 Å². The number of nitrogens with one attached hydrogen (secondary N) is 1. The van der Waals surface area contributed by atoms with Crippen LogP contribution in [0.4, 0.5) is 5.69 Å². The molecule has 2 unspecified atom stereocenters. The molecule has 3 nitrogen and oxygen atoms in total. The van der Waals surface area contributed by atoms with Crippen molar-refractivity contribution in [2.45, 2.75) is 64.0 Å². The van der Waals surface area contributed by atoms with E-state index in [1.54, 1.807) is 0 Å². The van der Waals surface area contributed by atoms with Crippen molar-refractivity contribution in [3.63, 3.8) is 0 Å². The van der Waals surface area contributed by atoms with Crippen LogP contribution in [0.5, 0.6) is 0 Å². The van der Waals surface area contributed by atoms with E-state index in [2.05, 4.69) is 22.0 Å². The summed E-state index contributed by atoms with van der Waals surface area (Å²) in [6.07, 6.45) is 9.12. The summed E-state index contributed by atoms with van der Waals surface area (Å²) in [5.74, 6) is 0. The molecule has 2 atom stereocenters. The van der Waals surface area contributed by atoms with Crippen LogP contribution in [0.15, 0.2) is 24.3 Å². The molecule has 1 N–H and O–H groups in total. The molecular weight excluding hydrogens is 350 g/mol. The monoisotopic (exact) mass is 379 g/mol. The summed E-state index contributed by atoms with van der Waals surface area (Å²) in [5, 5.41) is 5.01. The highest BCUT2D eigenvalue weighted by Crippen LogP contribution is 2.24. The standard InChI is InChI=1S/C20H30ClN3S/c1-16-6-2-4-13-23(16)15-12-19-7-3-5-14-24(19)20(25)22-18-10-8-17(21)9-11-18/h8-11,16,19H,2-7,12-15H2,1H3,(H,22,25). The third-order valence-corrected chi connectivity index (χ3v) is 6.26. The number of piperidine rings is 2. The summed E-state index contributed by atoms with van der Waals surface area (Å²) in [4.78, 5) is 5.09. The number of anilines is 1. The number of halogens is 1. The third kappa shape index (κ3) is 5.32. The van der Waals surface area contributed by atoms with E-state index in [-0.39, 0.29) is 0 Å². The van der Waals surface area contributed by atoms with Crippen LogP contribution in [0.3, 0.4) is 0 Å². The van der Waals surface area contributed by atoms with Crippen molar-refractivity contribution in [2.24, 2.45) is 0 Å². The number of benzene rings is 1.